The summed E-state index contributed by atoms with van der Waals surface area (Å²) in [5.74, 6) is 1.73. The summed E-state index contributed by atoms with van der Waals surface area (Å²) < 4.78 is 17.0. The highest BCUT2D eigenvalue weighted by Gasteiger charge is 2.48. The number of hydrogen-bond acceptors (Lipinski definition) is 5. The van der Waals surface area contributed by atoms with Crippen LogP contribution in [0.2, 0.25) is 18.1 Å². The molecule has 1 aromatic carbocycles. The molecule has 0 bridgehead atoms. The molecule has 6 heteroatoms. The number of esters is 2. The molecule has 1 rings (SSSR count). The third-order valence-corrected chi connectivity index (χ3v) is 9.94. The van der Waals surface area contributed by atoms with E-state index in [9.17, 15) is 9.59 Å². The zero-order chi connectivity index (χ0) is 23.7. The van der Waals surface area contributed by atoms with Crippen LogP contribution in [-0.4, -0.2) is 33.5 Å². The molecule has 0 spiro atoms. The molecular formula is C25H36O5Si. The van der Waals surface area contributed by atoms with Crippen molar-refractivity contribution in [1.82, 2.24) is 0 Å². The monoisotopic (exact) mass is 444 g/mol. The van der Waals surface area contributed by atoms with Crippen molar-refractivity contribution >= 4 is 26.0 Å². The lowest BCUT2D eigenvalue weighted by molar-refractivity contribution is -0.171. The van der Waals surface area contributed by atoms with Gasteiger partial charge in [0.1, 0.15) is 5.76 Å². The van der Waals surface area contributed by atoms with Gasteiger partial charge in [-0.05, 0) is 44.5 Å². The van der Waals surface area contributed by atoms with Gasteiger partial charge in [0.2, 0.25) is 8.32 Å². The van der Waals surface area contributed by atoms with Crippen LogP contribution >= 0.6 is 0 Å². The predicted molar refractivity (Wildman–Crippen MR) is 126 cm³/mol. The fraction of sp³-hybridized carbons (Fsp3) is 0.520. The number of hydrogen-bond donors (Lipinski definition) is 0. The Hall–Kier alpha value is -2.52. The van der Waals surface area contributed by atoms with Gasteiger partial charge in [0.15, 0.2) is 5.41 Å². The second-order valence-corrected chi connectivity index (χ2v) is 13.6. The summed E-state index contributed by atoms with van der Waals surface area (Å²) in [5.41, 5.74) is -0.743. The van der Waals surface area contributed by atoms with E-state index in [4.69, 9.17) is 20.3 Å². The van der Waals surface area contributed by atoms with Crippen LogP contribution in [0.5, 0.6) is 0 Å². The molecule has 0 atom stereocenters. The maximum absolute atomic E-state index is 12.9. The molecule has 0 saturated carbocycles. The van der Waals surface area contributed by atoms with Gasteiger partial charge >= 0.3 is 11.9 Å². The molecular weight excluding hydrogens is 408 g/mol. The lowest BCUT2D eigenvalue weighted by atomic mass is 9.80. The summed E-state index contributed by atoms with van der Waals surface area (Å²) in [7, 11) is -2.19. The summed E-state index contributed by atoms with van der Waals surface area (Å²) in [4.78, 5) is 25.8. The van der Waals surface area contributed by atoms with Crippen molar-refractivity contribution in [3.8, 4) is 12.3 Å². The molecule has 1 aromatic rings. The highest BCUT2D eigenvalue weighted by Crippen LogP contribution is 2.40. The molecule has 170 valence electrons. The second kappa shape index (κ2) is 11.2. The van der Waals surface area contributed by atoms with Crippen LogP contribution in [0.4, 0.5) is 0 Å². The van der Waals surface area contributed by atoms with E-state index >= 15 is 0 Å². The molecule has 0 N–H and O–H groups in total. The Kier molecular flexibility index (Phi) is 9.58. The summed E-state index contributed by atoms with van der Waals surface area (Å²) in [6.07, 6.45) is 7.23. The Morgan fingerprint density at radius 1 is 1.03 bits per heavy atom. The maximum Gasteiger partial charge on any atom is 0.324 e. The standard InChI is InChI=1S/C25H36O5Si/c1-9-18-25(22(26)28-10-2,23(27)29-11-3)19-17-21(20-15-13-12-14-16-20)30-31(7,8)24(4,5)6/h1,12-17H,10-11,18-19H2,2-8H3/b21-17-. The molecule has 0 aliphatic rings. The van der Waals surface area contributed by atoms with Crippen LogP contribution < -0.4 is 0 Å². The third kappa shape index (κ3) is 6.73. The number of ether oxygens (including phenoxy) is 2. The SMILES string of the molecule is C#CCC(C/C=C(\O[Si](C)(C)C(C)(C)C)c1ccccc1)(C(=O)OCC)C(=O)OCC. The smallest absolute Gasteiger partial charge is 0.324 e. The molecule has 0 unspecified atom stereocenters. The average Bonchev–Trinajstić information content (AvgIpc) is 2.70. The summed E-state index contributed by atoms with van der Waals surface area (Å²) in [6, 6.07) is 9.65. The largest absolute Gasteiger partial charge is 0.543 e. The Balaban J connectivity index is 3.52. The average molecular weight is 445 g/mol. The summed E-state index contributed by atoms with van der Waals surface area (Å²) in [6.45, 7) is 14.4. The molecule has 0 aromatic heterocycles. The van der Waals surface area contributed by atoms with Gasteiger partial charge in [0.25, 0.3) is 0 Å². The van der Waals surface area contributed by atoms with E-state index in [0.29, 0.717) is 5.76 Å². The van der Waals surface area contributed by atoms with Crippen molar-refractivity contribution in [2.45, 2.75) is 65.6 Å². The van der Waals surface area contributed by atoms with Gasteiger partial charge in [-0.25, -0.2) is 0 Å². The Bertz CT molecular complexity index is 795. The van der Waals surface area contributed by atoms with Crippen LogP contribution in [0.1, 0.15) is 53.0 Å². The van der Waals surface area contributed by atoms with Gasteiger partial charge in [-0.15, -0.1) is 12.3 Å². The van der Waals surface area contributed by atoms with Crippen molar-refractivity contribution < 1.29 is 23.5 Å². The molecule has 0 amide bonds. The molecule has 0 radical (unpaired) electrons. The fourth-order valence-corrected chi connectivity index (χ4v) is 3.75. The highest BCUT2D eigenvalue weighted by molar-refractivity contribution is 6.74. The Labute approximate surface area is 188 Å². The van der Waals surface area contributed by atoms with Crippen LogP contribution in [0.15, 0.2) is 36.4 Å². The summed E-state index contributed by atoms with van der Waals surface area (Å²) >= 11 is 0. The van der Waals surface area contributed by atoms with Gasteiger partial charge < -0.3 is 13.9 Å². The molecule has 0 heterocycles. The van der Waals surface area contributed by atoms with Crippen LogP contribution in [0, 0.1) is 17.8 Å². The number of benzene rings is 1. The highest BCUT2D eigenvalue weighted by atomic mass is 28.4. The van der Waals surface area contributed by atoms with Crippen LogP contribution in [-0.2, 0) is 23.5 Å². The Morgan fingerprint density at radius 3 is 1.97 bits per heavy atom. The molecule has 0 fully saturated rings. The normalized spacial score (nSPS) is 12.6. The van der Waals surface area contributed by atoms with Crippen molar-refractivity contribution in [3.63, 3.8) is 0 Å². The van der Waals surface area contributed by atoms with E-state index in [-0.39, 0.29) is 31.1 Å². The maximum atomic E-state index is 12.9. The quantitative estimate of drug-likeness (QED) is 0.155. The van der Waals surface area contributed by atoms with Crippen molar-refractivity contribution in [1.29, 1.82) is 0 Å². The van der Waals surface area contributed by atoms with Crippen molar-refractivity contribution in [2.24, 2.45) is 5.41 Å². The van der Waals surface area contributed by atoms with E-state index in [0.717, 1.165) is 5.56 Å². The Morgan fingerprint density at radius 2 is 1.55 bits per heavy atom. The van der Waals surface area contributed by atoms with Crippen LogP contribution in [0.25, 0.3) is 5.76 Å². The zero-order valence-corrected chi connectivity index (χ0v) is 20.9. The number of terminal acetylenes is 1. The van der Waals surface area contributed by atoms with E-state index in [1.54, 1.807) is 19.9 Å². The first kappa shape index (κ1) is 26.5. The van der Waals surface area contributed by atoms with E-state index in [2.05, 4.69) is 39.8 Å². The predicted octanol–water partition coefficient (Wildman–Crippen LogP) is 5.58. The topological polar surface area (TPSA) is 61.8 Å². The number of carbonyl (C=O) groups excluding carboxylic acids is 2. The van der Waals surface area contributed by atoms with Crippen molar-refractivity contribution in [3.05, 3.63) is 42.0 Å². The fourth-order valence-electron chi connectivity index (χ4n) is 2.69. The minimum Gasteiger partial charge on any atom is -0.543 e. The van der Waals surface area contributed by atoms with E-state index in [1.165, 1.54) is 0 Å². The molecule has 31 heavy (non-hydrogen) atoms. The number of allylic oxidation sites excluding steroid dienone is 1. The van der Waals surface area contributed by atoms with Gasteiger partial charge in [-0.2, -0.15) is 0 Å². The molecule has 0 aliphatic heterocycles. The number of rotatable bonds is 10. The first-order valence-electron chi connectivity index (χ1n) is 10.7. The van der Waals surface area contributed by atoms with Gasteiger partial charge in [0.05, 0.1) is 13.2 Å². The third-order valence-electron chi connectivity index (χ3n) is 5.60. The van der Waals surface area contributed by atoms with Crippen molar-refractivity contribution in [2.75, 3.05) is 13.2 Å². The minimum atomic E-state index is -2.19. The molecule has 0 aliphatic carbocycles. The van der Waals surface area contributed by atoms with E-state index in [1.807, 2.05) is 30.3 Å². The first-order valence-corrected chi connectivity index (χ1v) is 13.6. The second-order valence-electron chi connectivity index (χ2n) is 8.90. The first-order chi connectivity index (χ1) is 14.4. The minimum absolute atomic E-state index is 0.0215. The molecule has 5 nitrogen and oxygen atoms in total. The van der Waals surface area contributed by atoms with Gasteiger partial charge in [-0.1, -0.05) is 51.1 Å². The molecule has 0 saturated heterocycles. The summed E-state index contributed by atoms with van der Waals surface area (Å²) in [5, 5.41) is -0.0287. The lowest BCUT2D eigenvalue weighted by Crippen LogP contribution is -2.42. The lowest BCUT2D eigenvalue weighted by Gasteiger charge is -2.37. The number of carbonyl (C=O) groups is 2. The zero-order valence-electron chi connectivity index (χ0n) is 19.9. The van der Waals surface area contributed by atoms with E-state index < -0.39 is 25.7 Å². The van der Waals surface area contributed by atoms with Gasteiger partial charge in [0, 0.05) is 12.0 Å². The van der Waals surface area contributed by atoms with Gasteiger partial charge in [-0.3, -0.25) is 9.59 Å². The van der Waals surface area contributed by atoms with Crippen LogP contribution in [0.3, 0.4) is 0 Å².